The zero-order valence-electron chi connectivity index (χ0n) is 17.9. The van der Waals surface area contributed by atoms with E-state index in [0.29, 0.717) is 44.9 Å². The molecule has 1 unspecified atom stereocenters. The van der Waals surface area contributed by atoms with Gasteiger partial charge in [-0.1, -0.05) is 34.7 Å². The number of para-hydroxylation sites is 1. The molecule has 1 aliphatic rings. The van der Waals surface area contributed by atoms with Gasteiger partial charge in [-0.3, -0.25) is 4.79 Å². The van der Waals surface area contributed by atoms with Gasteiger partial charge in [0.1, 0.15) is 0 Å². The molecule has 0 fully saturated rings. The summed E-state index contributed by atoms with van der Waals surface area (Å²) in [6, 6.07) is 12.6. The number of rotatable bonds is 6. The van der Waals surface area contributed by atoms with Crippen LogP contribution in [-0.2, 0) is 4.79 Å². The average molecular weight is 451 g/mol. The summed E-state index contributed by atoms with van der Waals surface area (Å²) in [7, 11) is 3.10. The molecule has 8 nitrogen and oxygen atoms in total. The highest BCUT2D eigenvalue weighted by Gasteiger charge is 2.44. The number of nitrogens with zero attached hydrogens (tertiary/aromatic N) is 4. The predicted molar refractivity (Wildman–Crippen MR) is 119 cm³/mol. The van der Waals surface area contributed by atoms with Gasteiger partial charge in [0.2, 0.25) is 5.91 Å². The number of aromatic nitrogens is 3. The molecular formula is C23H22N4O4S. The lowest BCUT2D eigenvalue weighted by molar-refractivity contribution is -0.764. The molecule has 0 spiro atoms. The maximum absolute atomic E-state index is 13.1. The average Bonchev–Trinajstić information content (AvgIpc) is 2.80. The predicted octanol–water partition coefficient (Wildman–Crippen LogP) is 2.71. The van der Waals surface area contributed by atoms with E-state index in [2.05, 4.69) is 16.7 Å². The third kappa shape index (κ3) is 3.64. The lowest BCUT2D eigenvalue weighted by Crippen LogP contribution is -2.58. The standard InChI is InChI=1S/C23H22N4O4S/c1-5-12-32-23-24-21(29)20-16-8-6-7-9-17(16)26(14(2)28)22(27(20)25-23)15-10-11-18(30-3)19(13-15)31-4/h5-11,13,22H,1,12H2,2-4H3. The SMILES string of the molecule is C=CCSc1nc([O-])c2[n+](n1)C(c1ccc(OC)c(OC)c1)N(C(C)=O)c1ccccc1-2. The van der Waals surface area contributed by atoms with Crippen LogP contribution in [-0.4, -0.2) is 36.0 Å². The molecule has 1 aromatic heterocycles. The lowest BCUT2D eigenvalue weighted by Gasteiger charge is -2.33. The number of fused-ring (bicyclic) bond motifs is 3. The smallest absolute Gasteiger partial charge is 0.293 e. The number of methoxy groups -OCH3 is 2. The van der Waals surface area contributed by atoms with Crippen molar-refractivity contribution in [1.29, 1.82) is 0 Å². The molecule has 4 rings (SSSR count). The Hall–Kier alpha value is -3.59. The van der Waals surface area contributed by atoms with Gasteiger partial charge in [-0.2, -0.15) is 0 Å². The summed E-state index contributed by atoms with van der Waals surface area (Å²) in [6.07, 6.45) is 1.00. The van der Waals surface area contributed by atoms with Crippen LogP contribution in [0.1, 0.15) is 18.7 Å². The van der Waals surface area contributed by atoms with Gasteiger partial charge in [-0.25, -0.2) is 9.88 Å². The zero-order chi connectivity index (χ0) is 22.8. The van der Waals surface area contributed by atoms with Crippen molar-refractivity contribution in [2.45, 2.75) is 18.2 Å². The maximum atomic E-state index is 13.1. The first-order valence-corrected chi connectivity index (χ1v) is 10.8. The molecule has 0 saturated heterocycles. The Balaban J connectivity index is 2.01. The van der Waals surface area contributed by atoms with E-state index >= 15 is 0 Å². The van der Waals surface area contributed by atoms with Crippen LogP contribution in [0.2, 0.25) is 0 Å². The first-order chi connectivity index (χ1) is 15.5. The number of ether oxygens (including phenoxy) is 2. The molecule has 0 radical (unpaired) electrons. The second kappa shape index (κ2) is 8.88. The number of carbonyl (C=O) groups excluding carboxylic acids is 1. The van der Waals surface area contributed by atoms with E-state index < -0.39 is 12.0 Å². The normalized spacial score (nSPS) is 14.3. The molecular weight excluding hydrogens is 428 g/mol. The summed E-state index contributed by atoms with van der Waals surface area (Å²) in [4.78, 5) is 18.7. The van der Waals surface area contributed by atoms with Gasteiger partial charge < -0.3 is 14.6 Å². The van der Waals surface area contributed by atoms with Crippen LogP contribution in [0.4, 0.5) is 5.69 Å². The summed E-state index contributed by atoms with van der Waals surface area (Å²) >= 11 is 1.30. The molecule has 9 heteroatoms. The molecule has 0 N–H and O–H groups in total. The van der Waals surface area contributed by atoms with E-state index in [9.17, 15) is 9.90 Å². The third-order valence-electron chi connectivity index (χ3n) is 5.09. The summed E-state index contributed by atoms with van der Waals surface area (Å²) < 4.78 is 12.4. The Labute approximate surface area is 190 Å². The molecule has 32 heavy (non-hydrogen) atoms. The number of carbonyl (C=O) groups is 1. The number of thioether (sulfide) groups is 1. The Bertz CT molecular complexity index is 1200. The van der Waals surface area contributed by atoms with E-state index in [0.717, 1.165) is 0 Å². The van der Waals surface area contributed by atoms with Crippen molar-refractivity contribution in [3.63, 3.8) is 0 Å². The van der Waals surface area contributed by atoms with Gasteiger partial charge >= 0.3 is 0 Å². The van der Waals surface area contributed by atoms with Gasteiger partial charge in [0.05, 0.1) is 31.4 Å². The fraction of sp³-hybridized carbons (Fsp3) is 0.217. The van der Waals surface area contributed by atoms with Crippen LogP contribution in [0.25, 0.3) is 11.3 Å². The zero-order valence-corrected chi connectivity index (χ0v) is 18.8. The van der Waals surface area contributed by atoms with Crippen molar-refractivity contribution in [2.24, 2.45) is 0 Å². The molecule has 3 aromatic rings. The number of hydrogen-bond donors (Lipinski definition) is 0. The number of hydrogen-bond acceptors (Lipinski definition) is 7. The number of anilines is 1. The van der Waals surface area contributed by atoms with E-state index in [1.807, 2.05) is 24.3 Å². The van der Waals surface area contributed by atoms with Crippen LogP contribution < -0.4 is 24.2 Å². The van der Waals surface area contributed by atoms with Crippen LogP contribution in [0.15, 0.2) is 60.3 Å². The van der Waals surface area contributed by atoms with Crippen molar-refractivity contribution >= 4 is 23.4 Å². The van der Waals surface area contributed by atoms with E-state index in [1.54, 1.807) is 48.1 Å². The van der Waals surface area contributed by atoms with E-state index in [4.69, 9.17) is 9.47 Å². The highest BCUT2D eigenvalue weighted by atomic mass is 32.2. The van der Waals surface area contributed by atoms with Crippen molar-refractivity contribution in [3.8, 4) is 28.6 Å². The molecule has 2 heterocycles. The van der Waals surface area contributed by atoms with Gasteiger partial charge in [-0.15, -0.1) is 6.58 Å². The Morgan fingerprint density at radius 1 is 1.25 bits per heavy atom. The second-order valence-electron chi connectivity index (χ2n) is 6.99. The van der Waals surface area contributed by atoms with Gasteiger partial charge in [-0.05, 0) is 30.3 Å². The summed E-state index contributed by atoms with van der Waals surface area (Å²) in [6.45, 7) is 5.20. The Morgan fingerprint density at radius 3 is 2.69 bits per heavy atom. The van der Waals surface area contributed by atoms with E-state index in [1.165, 1.54) is 18.7 Å². The summed E-state index contributed by atoms with van der Waals surface area (Å²) in [5.74, 6) is 1.01. The van der Waals surface area contributed by atoms with Crippen molar-refractivity contribution < 1.29 is 24.1 Å². The number of benzene rings is 2. The third-order valence-corrected chi connectivity index (χ3v) is 5.93. The first kappa shape index (κ1) is 21.6. The lowest BCUT2D eigenvalue weighted by atomic mass is 10.0. The quantitative estimate of drug-likeness (QED) is 0.324. The summed E-state index contributed by atoms with van der Waals surface area (Å²) in [5.41, 5.74) is 2.24. The molecule has 1 aliphatic heterocycles. The van der Waals surface area contributed by atoms with Crippen LogP contribution >= 0.6 is 11.8 Å². The molecule has 1 atom stereocenters. The summed E-state index contributed by atoms with van der Waals surface area (Å²) in [5, 5.41) is 18.1. The molecule has 2 aromatic carbocycles. The van der Waals surface area contributed by atoms with Crippen LogP contribution in [0.5, 0.6) is 17.4 Å². The second-order valence-corrected chi connectivity index (χ2v) is 7.97. The monoisotopic (exact) mass is 450 g/mol. The molecule has 0 saturated carbocycles. The topological polar surface area (TPSA) is 91.5 Å². The molecule has 164 valence electrons. The fourth-order valence-electron chi connectivity index (χ4n) is 3.78. The fourth-order valence-corrected chi connectivity index (χ4v) is 4.34. The van der Waals surface area contributed by atoms with Gasteiger partial charge in [0.25, 0.3) is 17.0 Å². The van der Waals surface area contributed by atoms with Gasteiger partial charge in [0.15, 0.2) is 11.5 Å². The molecule has 1 amide bonds. The molecule has 0 bridgehead atoms. The largest absolute Gasteiger partial charge is 0.854 e. The number of amides is 1. The highest BCUT2D eigenvalue weighted by Crippen LogP contribution is 2.42. The molecule has 0 aliphatic carbocycles. The Kier molecular flexibility index (Phi) is 6.00. The van der Waals surface area contributed by atoms with Gasteiger partial charge in [0, 0.05) is 23.3 Å². The highest BCUT2D eigenvalue weighted by molar-refractivity contribution is 7.99. The minimum Gasteiger partial charge on any atom is -0.854 e. The van der Waals surface area contributed by atoms with Crippen LogP contribution in [0, 0.1) is 0 Å². The van der Waals surface area contributed by atoms with Crippen molar-refractivity contribution in [3.05, 3.63) is 60.7 Å². The van der Waals surface area contributed by atoms with E-state index in [-0.39, 0.29) is 5.91 Å². The van der Waals surface area contributed by atoms with Crippen molar-refractivity contribution in [1.82, 2.24) is 10.1 Å². The minimum absolute atomic E-state index is 0.193. The van der Waals surface area contributed by atoms with Crippen LogP contribution in [0.3, 0.4) is 0 Å². The first-order valence-electron chi connectivity index (χ1n) is 9.85. The minimum atomic E-state index is -0.712. The Morgan fingerprint density at radius 2 is 2.00 bits per heavy atom. The maximum Gasteiger partial charge on any atom is 0.293 e. The van der Waals surface area contributed by atoms with Crippen molar-refractivity contribution in [2.75, 3.05) is 24.9 Å².